The molecule has 2 aromatic carbocycles. The number of nitrogens with zero attached hydrogens (tertiary/aromatic N) is 1. The van der Waals surface area contributed by atoms with Gasteiger partial charge in [-0.2, -0.15) is 0 Å². The molecule has 1 amide bonds. The van der Waals surface area contributed by atoms with Crippen LogP contribution in [0.3, 0.4) is 0 Å². The topological polar surface area (TPSA) is 79.8 Å². The van der Waals surface area contributed by atoms with E-state index in [1.54, 1.807) is 6.08 Å². The fourth-order valence-corrected chi connectivity index (χ4v) is 3.61. The van der Waals surface area contributed by atoms with E-state index >= 15 is 0 Å². The molecule has 0 atom stereocenters. The highest BCUT2D eigenvalue weighted by atomic mass is 32.2. The van der Waals surface area contributed by atoms with Gasteiger partial charge in [-0.05, 0) is 41.8 Å². The molecule has 30 heavy (non-hydrogen) atoms. The van der Waals surface area contributed by atoms with Gasteiger partial charge in [0.25, 0.3) is 0 Å². The second-order valence-corrected chi connectivity index (χ2v) is 8.12. The van der Waals surface area contributed by atoms with E-state index in [9.17, 15) is 9.59 Å². The van der Waals surface area contributed by atoms with Crippen molar-refractivity contribution in [3.05, 3.63) is 65.9 Å². The van der Waals surface area contributed by atoms with Crippen molar-refractivity contribution in [1.82, 2.24) is 0 Å². The number of thioether (sulfide) groups is 1. The minimum atomic E-state index is -0.347. The number of nitrogens with one attached hydrogen (secondary N) is 2. The second-order valence-electron chi connectivity index (χ2n) is 7.13. The van der Waals surface area contributed by atoms with Crippen LogP contribution in [0.1, 0.15) is 31.7 Å². The lowest BCUT2D eigenvalue weighted by atomic mass is 10.0. The Morgan fingerprint density at radius 3 is 2.57 bits per heavy atom. The number of anilines is 2. The van der Waals surface area contributed by atoms with Crippen molar-refractivity contribution in [3.8, 4) is 0 Å². The number of hydrogen-bond donors (Lipinski definition) is 2. The smallest absolute Gasteiger partial charge is 0.311 e. The number of para-hydroxylation sites is 2. The van der Waals surface area contributed by atoms with E-state index < -0.39 is 0 Å². The number of esters is 1. The predicted octanol–water partition coefficient (Wildman–Crippen LogP) is 5.08. The molecule has 2 N–H and O–H groups in total. The van der Waals surface area contributed by atoms with E-state index in [0.717, 1.165) is 17.1 Å². The molecule has 1 aliphatic heterocycles. The quantitative estimate of drug-likeness (QED) is 0.633. The van der Waals surface area contributed by atoms with Gasteiger partial charge in [-0.15, -0.1) is 0 Å². The summed E-state index contributed by atoms with van der Waals surface area (Å²) in [5, 5.41) is 6.79. The number of fused-ring (bicyclic) bond motifs is 1. The van der Waals surface area contributed by atoms with Gasteiger partial charge in [0.15, 0.2) is 0 Å². The van der Waals surface area contributed by atoms with Gasteiger partial charge >= 0.3 is 5.97 Å². The maximum Gasteiger partial charge on any atom is 0.311 e. The zero-order valence-corrected chi connectivity index (χ0v) is 18.1. The number of ether oxygens (including phenoxy) is 1. The fourth-order valence-electron chi connectivity index (χ4n) is 2.87. The van der Waals surface area contributed by atoms with Crippen LogP contribution in [0.4, 0.5) is 17.1 Å². The number of methoxy groups -OCH3 is 1. The maximum absolute atomic E-state index is 12.4. The van der Waals surface area contributed by atoms with Gasteiger partial charge < -0.3 is 15.4 Å². The first kappa shape index (κ1) is 21.6. The van der Waals surface area contributed by atoms with E-state index in [0.29, 0.717) is 16.7 Å². The summed E-state index contributed by atoms with van der Waals surface area (Å²) in [6.07, 6.45) is 1.88. The van der Waals surface area contributed by atoms with Crippen molar-refractivity contribution in [1.29, 1.82) is 0 Å². The molecule has 0 spiro atoms. The Hall–Kier alpha value is -3.06. The van der Waals surface area contributed by atoms with E-state index in [1.807, 2.05) is 48.5 Å². The lowest BCUT2D eigenvalue weighted by Gasteiger charge is -2.09. The molecule has 156 valence electrons. The minimum absolute atomic E-state index is 0.0960. The van der Waals surface area contributed by atoms with Crippen LogP contribution in [0.15, 0.2) is 65.3 Å². The monoisotopic (exact) mass is 423 g/mol. The van der Waals surface area contributed by atoms with E-state index in [4.69, 9.17) is 4.74 Å². The summed E-state index contributed by atoms with van der Waals surface area (Å²) in [7, 11) is 1.36. The number of benzene rings is 2. The zero-order valence-electron chi connectivity index (χ0n) is 17.3. The summed E-state index contributed by atoms with van der Waals surface area (Å²) in [5.74, 6) is 0.184. The van der Waals surface area contributed by atoms with Crippen molar-refractivity contribution in [3.63, 3.8) is 0 Å². The third-order valence-electron chi connectivity index (χ3n) is 4.50. The average molecular weight is 424 g/mol. The molecule has 0 aromatic heterocycles. The van der Waals surface area contributed by atoms with E-state index in [2.05, 4.69) is 29.5 Å². The average Bonchev–Trinajstić information content (AvgIpc) is 2.91. The van der Waals surface area contributed by atoms with Crippen molar-refractivity contribution in [2.45, 2.75) is 26.2 Å². The Bertz CT molecular complexity index is 981. The van der Waals surface area contributed by atoms with Crippen molar-refractivity contribution in [2.24, 2.45) is 4.99 Å². The van der Waals surface area contributed by atoms with Crippen LogP contribution in [0, 0.1) is 0 Å². The Balaban J connectivity index is 1.68. The molecule has 7 heteroatoms. The first-order valence-electron chi connectivity index (χ1n) is 9.69. The molecule has 0 aliphatic carbocycles. The first-order valence-corrected chi connectivity index (χ1v) is 10.7. The van der Waals surface area contributed by atoms with E-state index in [-0.39, 0.29) is 24.1 Å². The second kappa shape index (κ2) is 10.1. The molecule has 3 rings (SSSR count). The molecule has 1 aliphatic rings. The van der Waals surface area contributed by atoms with Crippen LogP contribution in [-0.4, -0.2) is 29.8 Å². The Morgan fingerprint density at radius 1 is 1.13 bits per heavy atom. The summed E-state index contributed by atoms with van der Waals surface area (Å²) < 4.78 is 4.77. The molecule has 6 nitrogen and oxygen atoms in total. The molecule has 2 aromatic rings. The zero-order chi connectivity index (χ0) is 21.5. The summed E-state index contributed by atoms with van der Waals surface area (Å²) in [5.41, 5.74) is 4.22. The van der Waals surface area contributed by atoms with Crippen LogP contribution in [0.25, 0.3) is 0 Å². The lowest BCUT2D eigenvalue weighted by Crippen LogP contribution is -2.15. The van der Waals surface area contributed by atoms with Crippen LogP contribution in [0.2, 0.25) is 0 Å². The number of hydrogen-bond acceptors (Lipinski definition) is 6. The van der Waals surface area contributed by atoms with Crippen LogP contribution < -0.4 is 10.6 Å². The van der Waals surface area contributed by atoms with Crippen molar-refractivity contribution in [2.75, 3.05) is 23.5 Å². The van der Waals surface area contributed by atoms with Crippen molar-refractivity contribution >= 4 is 45.7 Å². The molecule has 0 saturated heterocycles. The number of aliphatic imine (C=N–C) groups is 1. The summed E-state index contributed by atoms with van der Waals surface area (Å²) in [6.45, 7) is 4.26. The molecular weight excluding hydrogens is 398 g/mol. The van der Waals surface area contributed by atoms with Gasteiger partial charge in [0.1, 0.15) is 0 Å². The largest absolute Gasteiger partial charge is 0.469 e. The summed E-state index contributed by atoms with van der Waals surface area (Å²) in [4.78, 5) is 28.8. The van der Waals surface area contributed by atoms with Crippen LogP contribution in [-0.2, 0) is 14.3 Å². The molecule has 1 heterocycles. The Kier molecular flexibility index (Phi) is 7.30. The number of carbonyl (C=O) groups excluding carboxylic acids is 2. The predicted molar refractivity (Wildman–Crippen MR) is 123 cm³/mol. The number of rotatable bonds is 6. The summed E-state index contributed by atoms with van der Waals surface area (Å²) in [6, 6.07) is 15.4. The third kappa shape index (κ3) is 5.97. The maximum atomic E-state index is 12.4. The highest BCUT2D eigenvalue weighted by Crippen LogP contribution is 2.31. The van der Waals surface area contributed by atoms with Gasteiger partial charge in [0.05, 0.1) is 35.7 Å². The van der Waals surface area contributed by atoms with Gasteiger partial charge in [0, 0.05) is 11.4 Å². The molecular formula is C23H25N3O3S. The molecule has 0 fully saturated rings. The molecule has 0 bridgehead atoms. The van der Waals surface area contributed by atoms with Gasteiger partial charge in [-0.3, -0.25) is 9.59 Å². The highest BCUT2D eigenvalue weighted by Gasteiger charge is 2.15. The Labute approximate surface area is 180 Å². The van der Waals surface area contributed by atoms with Gasteiger partial charge in [-0.1, -0.05) is 49.9 Å². The minimum Gasteiger partial charge on any atom is -0.469 e. The highest BCUT2D eigenvalue weighted by molar-refractivity contribution is 8.14. The molecule has 0 saturated carbocycles. The first-order chi connectivity index (χ1) is 14.4. The molecule has 0 unspecified atom stereocenters. The van der Waals surface area contributed by atoms with Crippen molar-refractivity contribution < 1.29 is 14.3 Å². The molecule has 0 radical (unpaired) electrons. The number of carbonyl (C=O) groups is 2. The van der Waals surface area contributed by atoms with E-state index in [1.165, 1.54) is 24.4 Å². The lowest BCUT2D eigenvalue weighted by molar-refractivity contribution is -0.139. The van der Waals surface area contributed by atoms with Gasteiger partial charge in [-0.25, -0.2) is 4.99 Å². The third-order valence-corrected chi connectivity index (χ3v) is 5.41. The van der Waals surface area contributed by atoms with Crippen LogP contribution >= 0.6 is 11.8 Å². The number of amides is 1. The summed E-state index contributed by atoms with van der Waals surface area (Å²) >= 11 is 1.32. The normalized spacial score (nSPS) is 12.8. The standard InChI is InChI=1S/C23H25N3O3S/c1-15(2)16-8-10-17(11-9-16)25-21(27)14-30-22-12-18(13-23(28)29-3)24-19-6-4-5-7-20(19)26-22/h4-12,15,24H,13-14H2,1-3H3,(H,25,27). The van der Waals surface area contributed by atoms with Crippen LogP contribution in [0.5, 0.6) is 0 Å². The fraction of sp³-hybridized carbons (Fsp3) is 0.261. The SMILES string of the molecule is COC(=O)CC1=CC(SCC(=O)Nc2ccc(C(C)C)cc2)=Nc2ccccc2N1. The van der Waals surface area contributed by atoms with Gasteiger partial charge in [0.2, 0.25) is 5.91 Å². The Morgan fingerprint density at radius 2 is 1.87 bits per heavy atom.